The van der Waals surface area contributed by atoms with Crippen LogP contribution in [0, 0.1) is 6.92 Å². The quantitative estimate of drug-likeness (QED) is 0.851. The van der Waals surface area contributed by atoms with Gasteiger partial charge in [0.15, 0.2) is 0 Å². The molecule has 1 aromatic heterocycles. The van der Waals surface area contributed by atoms with Gasteiger partial charge in [-0.2, -0.15) is 0 Å². The average molecular weight is 267 g/mol. The number of carbonyl (C=O) groups is 1. The van der Waals surface area contributed by atoms with Gasteiger partial charge in [-0.25, -0.2) is 4.79 Å². The maximum Gasteiger partial charge on any atom is 0.328 e. The number of rotatable bonds is 4. The van der Waals surface area contributed by atoms with E-state index >= 15 is 0 Å². The zero-order chi connectivity index (χ0) is 13.0. The number of hydrogen-bond donors (Lipinski definition) is 1. The summed E-state index contributed by atoms with van der Waals surface area (Å²) in [6.45, 7) is 2.05. The molecular weight excluding hydrogens is 246 g/mol. The first-order valence-corrected chi connectivity index (χ1v) is 7.48. The zero-order valence-corrected chi connectivity index (χ0v) is 11.9. The van der Waals surface area contributed by atoms with E-state index in [1.807, 2.05) is 12.3 Å². The smallest absolute Gasteiger partial charge is 0.328 e. The molecule has 0 radical (unpaired) electrons. The van der Waals surface area contributed by atoms with Crippen LogP contribution in [0.4, 0.5) is 0 Å². The van der Waals surface area contributed by atoms with E-state index in [2.05, 4.69) is 11.4 Å². The van der Waals surface area contributed by atoms with E-state index in [-0.39, 0.29) is 12.0 Å². The predicted octanol–water partition coefficient (Wildman–Crippen LogP) is 3.19. The summed E-state index contributed by atoms with van der Waals surface area (Å²) in [5.74, 6) is -0.175. The van der Waals surface area contributed by atoms with Crippen molar-refractivity contribution in [2.45, 2.75) is 51.1 Å². The van der Waals surface area contributed by atoms with Crippen LogP contribution in [0.3, 0.4) is 0 Å². The van der Waals surface area contributed by atoms with Crippen molar-refractivity contribution in [1.82, 2.24) is 5.32 Å². The second kappa shape index (κ2) is 6.34. The molecule has 1 N–H and O–H groups in total. The molecule has 0 aromatic carbocycles. The van der Waals surface area contributed by atoms with Crippen molar-refractivity contribution in [3.63, 3.8) is 0 Å². The van der Waals surface area contributed by atoms with Crippen LogP contribution in [0.1, 0.15) is 48.6 Å². The van der Waals surface area contributed by atoms with Gasteiger partial charge >= 0.3 is 5.97 Å². The molecule has 0 aliphatic heterocycles. The van der Waals surface area contributed by atoms with Gasteiger partial charge in [0.25, 0.3) is 0 Å². The van der Waals surface area contributed by atoms with E-state index in [0.29, 0.717) is 6.04 Å². The third-order valence-electron chi connectivity index (χ3n) is 3.61. The highest BCUT2D eigenvalue weighted by atomic mass is 32.1. The lowest BCUT2D eigenvalue weighted by atomic mass is 9.94. The van der Waals surface area contributed by atoms with Crippen molar-refractivity contribution in [3.8, 4) is 0 Å². The largest absolute Gasteiger partial charge is 0.468 e. The Labute approximate surface area is 113 Å². The van der Waals surface area contributed by atoms with E-state index in [1.54, 1.807) is 11.3 Å². The molecule has 3 nitrogen and oxygen atoms in total. The van der Waals surface area contributed by atoms with Gasteiger partial charge in [-0.1, -0.05) is 19.3 Å². The first kappa shape index (κ1) is 13.6. The molecular formula is C14H21NO2S. The van der Waals surface area contributed by atoms with Gasteiger partial charge in [0.1, 0.15) is 6.04 Å². The first-order chi connectivity index (χ1) is 8.72. The lowest BCUT2D eigenvalue weighted by Gasteiger charge is -2.27. The molecule has 18 heavy (non-hydrogen) atoms. The first-order valence-electron chi connectivity index (χ1n) is 6.60. The number of esters is 1. The SMILES string of the molecule is COC(=O)C(NC1CCCCC1)c1sccc1C. The lowest BCUT2D eigenvalue weighted by molar-refractivity contribution is -0.143. The monoisotopic (exact) mass is 267 g/mol. The number of methoxy groups -OCH3 is 1. The summed E-state index contributed by atoms with van der Waals surface area (Å²) in [5, 5.41) is 5.52. The van der Waals surface area contributed by atoms with Crippen molar-refractivity contribution in [2.75, 3.05) is 7.11 Å². The number of aryl methyl sites for hydroxylation is 1. The fourth-order valence-corrected chi connectivity index (χ4v) is 3.53. The molecule has 4 heteroatoms. The van der Waals surface area contributed by atoms with E-state index < -0.39 is 0 Å². The van der Waals surface area contributed by atoms with E-state index in [9.17, 15) is 4.79 Å². The highest BCUT2D eigenvalue weighted by Crippen LogP contribution is 2.27. The zero-order valence-electron chi connectivity index (χ0n) is 11.1. The molecule has 1 aromatic rings. The van der Waals surface area contributed by atoms with Crippen molar-refractivity contribution >= 4 is 17.3 Å². The van der Waals surface area contributed by atoms with Gasteiger partial charge < -0.3 is 4.74 Å². The number of ether oxygens (including phenoxy) is 1. The maximum atomic E-state index is 12.0. The minimum atomic E-state index is -0.293. The molecule has 2 rings (SSSR count). The highest BCUT2D eigenvalue weighted by Gasteiger charge is 2.27. The summed E-state index contributed by atoms with van der Waals surface area (Å²) in [5.41, 5.74) is 1.17. The Morgan fingerprint density at radius 2 is 2.17 bits per heavy atom. The molecule has 1 aliphatic rings. The molecule has 0 bridgehead atoms. The summed E-state index contributed by atoms with van der Waals surface area (Å²) < 4.78 is 4.94. The van der Waals surface area contributed by atoms with Crippen LogP contribution in [0.2, 0.25) is 0 Å². The third kappa shape index (κ3) is 3.12. The topological polar surface area (TPSA) is 38.3 Å². The Kier molecular flexibility index (Phi) is 4.78. The minimum Gasteiger partial charge on any atom is -0.468 e. The predicted molar refractivity (Wildman–Crippen MR) is 73.8 cm³/mol. The lowest BCUT2D eigenvalue weighted by Crippen LogP contribution is -2.38. The number of hydrogen-bond acceptors (Lipinski definition) is 4. The second-order valence-corrected chi connectivity index (χ2v) is 5.87. The van der Waals surface area contributed by atoms with Crippen LogP contribution in [-0.4, -0.2) is 19.1 Å². The van der Waals surface area contributed by atoms with Gasteiger partial charge in [-0.15, -0.1) is 11.3 Å². The normalized spacial score (nSPS) is 18.6. The van der Waals surface area contributed by atoms with Crippen LogP contribution in [0.15, 0.2) is 11.4 Å². The average Bonchev–Trinajstić information content (AvgIpc) is 2.82. The summed E-state index contributed by atoms with van der Waals surface area (Å²) in [6, 6.07) is 2.21. The highest BCUT2D eigenvalue weighted by molar-refractivity contribution is 7.10. The molecule has 1 saturated carbocycles. The fraction of sp³-hybridized carbons (Fsp3) is 0.643. The third-order valence-corrected chi connectivity index (χ3v) is 4.69. The van der Waals surface area contributed by atoms with Crippen molar-refractivity contribution in [3.05, 3.63) is 21.9 Å². The molecule has 1 fully saturated rings. The molecule has 0 amide bonds. The Balaban J connectivity index is 2.10. The van der Waals surface area contributed by atoms with Crippen LogP contribution < -0.4 is 5.32 Å². The van der Waals surface area contributed by atoms with Gasteiger partial charge in [0.05, 0.1) is 7.11 Å². The molecule has 1 aliphatic carbocycles. The molecule has 1 unspecified atom stereocenters. The molecule has 0 spiro atoms. The Hall–Kier alpha value is -0.870. The summed E-state index contributed by atoms with van der Waals surface area (Å²) in [4.78, 5) is 13.0. The molecule has 1 heterocycles. The Morgan fingerprint density at radius 1 is 1.44 bits per heavy atom. The maximum absolute atomic E-state index is 12.0. The number of carbonyl (C=O) groups excluding carboxylic acids is 1. The molecule has 100 valence electrons. The van der Waals surface area contributed by atoms with Crippen molar-refractivity contribution in [1.29, 1.82) is 0 Å². The Morgan fingerprint density at radius 3 is 2.72 bits per heavy atom. The molecule has 0 saturated heterocycles. The van der Waals surface area contributed by atoms with Gasteiger partial charge in [-0.05, 0) is 36.8 Å². The summed E-state index contributed by atoms with van der Waals surface area (Å²) in [7, 11) is 1.46. The van der Waals surface area contributed by atoms with Crippen LogP contribution in [0.25, 0.3) is 0 Å². The van der Waals surface area contributed by atoms with Crippen LogP contribution in [0.5, 0.6) is 0 Å². The van der Waals surface area contributed by atoms with Crippen molar-refractivity contribution < 1.29 is 9.53 Å². The van der Waals surface area contributed by atoms with Crippen molar-refractivity contribution in [2.24, 2.45) is 0 Å². The van der Waals surface area contributed by atoms with Crippen LogP contribution in [-0.2, 0) is 9.53 Å². The van der Waals surface area contributed by atoms with Gasteiger partial charge in [0, 0.05) is 10.9 Å². The standard InChI is InChI=1S/C14H21NO2S/c1-10-8-9-18-13(10)12(14(16)17-2)15-11-6-4-3-5-7-11/h8-9,11-12,15H,3-7H2,1-2H3. The van der Waals surface area contributed by atoms with E-state index in [4.69, 9.17) is 4.74 Å². The Bertz CT molecular complexity index is 396. The van der Waals surface area contributed by atoms with E-state index in [0.717, 1.165) is 17.7 Å². The number of nitrogens with one attached hydrogen (secondary N) is 1. The fourth-order valence-electron chi connectivity index (χ4n) is 2.55. The minimum absolute atomic E-state index is 0.175. The summed E-state index contributed by atoms with van der Waals surface area (Å²) >= 11 is 1.63. The number of thiophene rings is 1. The summed E-state index contributed by atoms with van der Waals surface area (Å²) in [6.07, 6.45) is 6.17. The van der Waals surface area contributed by atoms with Crippen LogP contribution >= 0.6 is 11.3 Å². The van der Waals surface area contributed by atoms with Gasteiger partial charge in [-0.3, -0.25) is 5.32 Å². The molecule has 1 atom stereocenters. The second-order valence-electron chi connectivity index (χ2n) is 4.93. The van der Waals surface area contributed by atoms with E-state index in [1.165, 1.54) is 31.9 Å². The van der Waals surface area contributed by atoms with Gasteiger partial charge in [0.2, 0.25) is 0 Å².